The summed E-state index contributed by atoms with van der Waals surface area (Å²) in [4.78, 5) is 30.7. The third kappa shape index (κ3) is 4.26. The van der Waals surface area contributed by atoms with E-state index >= 15 is 0 Å². The Morgan fingerprint density at radius 2 is 1.80 bits per heavy atom. The highest BCUT2D eigenvalue weighted by Gasteiger charge is 2.37. The lowest BCUT2D eigenvalue weighted by molar-refractivity contribution is -0.117. The number of carbonyl (C=O) groups excluding carboxylic acids is 2. The van der Waals surface area contributed by atoms with Gasteiger partial charge in [0.05, 0.1) is 0 Å². The fourth-order valence-electron chi connectivity index (χ4n) is 4.50. The zero-order valence-corrected chi connectivity index (χ0v) is 19.3. The maximum Gasteiger partial charge on any atom is 0.410 e. The van der Waals surface area contributed by atoms with Crippen LogP contribution in [0.1, 0.15) is 60.1 Å². The van der Waals surface area contributed by atoms with Gasteiger partial charge in [0.1, 0.15) is 5.60 Å². The van der Waals surface area contributed by atoms with Gasteiger partial charge in [-0.2, -0.15) is 0 Å². The number of amides is 2. The fraction of sp³-hybridized carbons (Fsp3) is 0.652. The summed E-state index contributed by atoms with van der Waals surface area (Å²) in [5.74, 6) is 0.203. The highest BCUT2D eigenvalue weighted by molar-refractivity contribution is 5.94. The molecule has 1 aromatic carbocycles. The van der Waals surface area contributed by atoms with Gasteiger partial charge in [0.25, 0.3) is 0 Å². The van der Waals surface area contributed by atoms with Gasteiger partial charge in [-0.3, -0.25) is 4.79 Å². The van der Waals surface area contributed by atoms with Crippen LogP contribution in [0.25, 0.3) is 0 Å². The van der Waals surface area contributed by atoms with Gasteiger partial charge in [0.2, 0.25) is 5.91 Å². The molecule has 3 rings (SSSR count). The molecule has 0 aliphatic carbocycles. The molecule has 1 unspecified atom stereocenters. The summed E-state index contributed by atoms with van der Waals surface area (Å²) in [5, 5.41) is 0. The molecule has 1 saturated heterocycles. The van der Waals surface area contributed by atoms with Gasteiger partial charge >= 0.3 is 6.09 Å². The zero-order valence-electron chi connectivity index (χ0n) is 19.3. The third-order valence-electron chi connectivity index (χ3n) is 6.32. The summed E-state index contributed by atoms with van der Waals surface area (Å²) in [7, 11) is 0. The Morgan fingerprint density at radius 3 is 2.37 bits per heavy atom. The normalized spacial score (nSPS) is 27.0. The van der Waals surface area contributed by atoms with Crippen molar-refractivity contribution in [3.8, 4) is 0 Å². The zero-order chi connectivity index (χ0) is 22.4. The SMILES string of the molecule is CC(=O)N1c2ccc(N3CCN(C(=O)OC(C)(C)C)C(C)C3)cc2[C@H](N)[C@@H](C)[C@@H]1C. The summed E-state index contributed by atoms with van der Waals surface area (Å²) in [5.41, 5.74) is 9.05. The number of anilines is 2. The van der Waals surface area contributed by atoms with Crippen LogP contribution >= 0.6 is 0 Å². The summed E-state index contributed by atoms with van der Waals surface area (Å²) in [6.45, 7) is 15.5. The second-order valence-electron chi connectivity index (χ2n) is 9.73. The molecule has 4 atom stereocenters. The minimum atomic E-state index is -0.501. The van der Waals surface area contributed by atoms with Gasteiger partial charge in [-0.15, -0.1) is 0 Å². The topological polar surface area (TPSA) is 79.1 Å². The first-order chi connectivity index (χ1) is 13.9. The predicted molar refractivity (Wildman–Crippen MR) is 120 cm³/mol. The smallest absolute Gasteiger partial charge is 0.410 e. The van der Waals surface area contributed by atoms with Crippen molar-refractivity contribution < 1.29 is 14.3 Å². The quantitative estimate of drug-likeness (QED) is 0.758. The lowest BCUT2D eigenvalue weighted by atomic mass is 9.83. The lowest BCUT2D eigenvalue weighted by Crippen LogP contribution is -2.55. The minimum absolute atomic E-state index is 0.0333. The van der Waals surface area contributed by atoms with Crippen molar-refractivity contribution in [1.29, 1.82) is 0 Å². The van der Waals surface area contributed by atoms with E-state index < -0.39 is 5.60 Å². The Morgan fingerprint density at radius 1 is 1.13 bits per heavy atom. The molecular weight excluding hydrogens is 380 g/mol. The van der Waals surface area contributed by atoms with E-state index in [2.05, 4.69) is 30.9 Å². The first-order valence-corrected chi connectivity index (χ1v) is 10.8. The van der Waals surface area contributed by atoms with E-state index in [1.165, 1.54) is 0 Å². The lowest BCUT2D eigenvalue weighted by Gasteiger charge is -2.44. The van der Waals surface area contributed by atoms with Crippen molar-refractivity contribution in [2.45, 2.75) is 72.2 Å². The molecule has 0 bridgehead atoms. The molecule has 1 fully saturated rings. The summed E-state index contributed by atoms with van der Waals surface area (Å²) in [6.07, 6.45) is -0.262. The number of nitrogens with two attached hydrogens (primary N) is 1. The highest BCUT2D eigenvalue weighted by Crippen LogP contribution is 2.41. The van der Waals surface area contributed by atoms with E-state index in [0.29, 0.717) is 6.54 Å². The van der Waals surface area contributed by atoms with Crippen LogP contribution in [0.15, 0.2) is 18.2 Å². The van der Waals surface area contributed by atoms with E-state index in [1.54, 1.807) is 11.8 Å². The van der Waals surface area contributed by atoms with Crippen molar-refractivity contribution in [1.82, 2.24) is 4.90 Å². The number of ether oxygens (including phenoxy) is 1. The number of carbonyl (C=O) groups is 2. The molecule has 2 N–H and O–H groups in total. The number of piperazine rings is 1. The van der Waals surface area contributed by atoms with Crippen LogP contribution in [0.3, 0.4) is 0 Å². The van der Waals surface area contributed by atoms with E-state index in [4.69, 9.17) is 10.5 Å². The van der Waals surface area contributed by atoms with Gasteiger partial charge in [-0.25, -0.2) is 4.79 Å². The molecular formula is C23H36N4O3. The maximum absolute atomic E-state index is 12.5. The van der Waals surface area contributed by atoms with Gasteiger partial charge < -0.3 is 25.2 Å². The molecule has 30 heavy (non-hydrogen) atoms. The van der Waals surface area contributed by atoms with Crippen LogP contribution < -0.4 is 15.5 Å². The first kappa shape index (κ1) is 22.4. The van der Waals surface area contributed by atoms with Crippen molar-refractivity contribution in [3.63, 3.8) is 0 Å². The molecule has 0 spiro atoms. The summed E-state index contributed by atoms with van der Waals surface area (Å²) in [6, 6.07) is 6.17. The van der Waals surface area contributed by atoms with Crippen LogP contribution in [-0.4, -0.2) is 54.2 Å². The van der Waals surface area contributed by atoms with Gasteiger partial charge in [0.15, 0.2) is 0 Å². The second kappa shape index (κ2) is 8.10. The Bertz CT molecular complexity index is 819. The van der Waals surface area contributed by atoms with Crippen molar-refractivity contribution in [2.75, 3.05) is 29.4 Å². The number of nitrogens with zero attached hydrogens (tertiary/aromatic N) is 3. The molecule has 2 aliphatic heterocycles. The van der Waals surface area contributed by atoms with Crippen molar-refractivity contribution >= 4 is 23.4 Å². The Labute approximate surface area is 180 Å². The molecule has 0 radical (unpaired) electrons. The van der Waals surface area contributed by atoms with Gasteiger partial charge in [0, 0.05) is 56.1 Å². The van der Waals surface area contributed by atoms with Gasteiger partial charge in [-0.05, 0) is 64.3 Å². The molecule has 166 valence electrons. The largest absolute Gasteiger partial charge is 0.444 e. The van der Waals surface area contributed by atoms with Crippen LogP contribution in [0.2, 0.25) is 0 Å². The average molecular weight is 417 g/mol. The molecule has 2 aliphatic rings. The van der Waals surface area contributed by atoms with Crippen molar-refractivity contribution in [2.24, 2.45) is 11.7 Å². The van der Waals surface area contributed by atoms with Gasteiger partial charge in [-0.1, -0.05) is 6.92 Å². The molecule has 1 aromatic rings. The molecule has 7 nitrogen and oxygen atoms in total. The van der Waals surface area contributed by atoms with Crippen molar-refractivity contribution in [3.05, 3.63) is 23.8 Å². The highest BCUT2D eigenvalue weighted by atomic mass is 16.6. The first-order valence-electron chi connectivity index (χ1n) is 10.8. The predicted octanol–water partition coefficient (Wildman–Crippen LogP) is 3.52. The van der Waals surface area contributed by atoms with E-state index in [0.717, 1.165) is 30.0 Å². The van der Waals surface area contributed by atoms with Crippen LogP contribution in [0.4, 0.5) is 16.2 Å². The van der Waals surface area contributed by atoms with E-state index in [9.17, 15) is 9.59 Å². The monoisotopic (exact) mass is 416 g/mol. The Kier molecular flexibility index (Phi) is 6.05. The molecule has 2 amide bonds. The molecule has 0 aromatic heterocycles. The number of hydrogen-bond acceptors (Lipinski definition) is 5. The second-order valence-corrected chi connectivity index (χ2v) is 9.73. The number of rotatable bonds is 1. The number of fused-ring (bicyclic) bond motifs is 1. The fourth-order valence-corrected chi connectivity index (χ4v) is 4.50. The molecule has 7 heteroatoms. The van der Waals surface area contributed by atoms with E-state index in [-0.39, 0.29) is 36.0 Å². The van der Waals surface area contributed by atoms with Crippen LogP contribution in [-0.2, 0) is 9.53 Å². The summed E-state index contributed by atoms with van der Waals surface area (Å²) >= 11 is 0. The maximum atomic E-state index is 12.5. The van der Waals surface area contributed by atoms with E-state index in [1.807, 2.05) is 38.7 Å². The van der Waals surface area contributed by atoms with Crippen LogP contribution in [0, 0.1) is 5.92 Å². The summed E-state index contributed by atoms with van der Waals surface area (Å²) < 4.78 is 5.55. The number of hydrogen-bond donors (Lipinski definition) is 1. The molecule has 0 saturated carbocycles. The Balaban J connectivity index is 1.81. The third-order valence-corrected chi connectivity index (χ3v) is 6.32. The average Bonchev–Trinajstić information content (AvgIpc) is 2.64. The molecule has 2 heterocycles. The standard InChI is InChI=1S/C23H36N4O3/c1-14-13-25(10-11-26(14)22(29)30-23(5,6)7)18-8-9-20-19(12-18)21(24)15(2)16(3)27(20)17(4)28/h8-9,12,14-16,21H,10-11,13,24H2,1-7H3/t14?,15-,16-,21+/m0/s1. The van der Waals surface area contributed by atoms with Crippen LogP contribution in [0.5, 0.6) is 0 Å². The number of benzene rings is 1. The Hall–Kier alpha value is -2.28. The minimum Gasteiger partial charge on any atom is -0.444 e.